The molecular weight excluding hydrogens is 275 g/mol. The van der Waals surface area contributed by atoms with Crippen LogP contribution >= 0.6 is 22.6 Å². The Kier molecular flexibility index (Phi) is 3.59. The van der Waals surface area contributed by atoms with Gasteiger partial charge in [0.25, 0.3) is 0 Å². The van der Waals surface area contributed by atoms with Crippen LogP contribution in [0.15, 0.2) is 24.3 Å². The monoisotopic (exact) mass is 290 g/mol. The summed E-state index contributed by atoms with van der Waals surface area (Å²) in [5.74, 6) is 0.954. The highest BCUT2D eigenvalue weighted by atomic mass is 127. The van der Waals surface area contributed by atoms with Gasteiger partial charge in [-0.1, -0.05) is 20.8 Å². The lowest BCUT2D eigenvalue weighted by atomic mass is 9.99. The van der Waals surface area contributed by atoms with Gasteiger partial charge in [-0.3, -0.25) is 0 Å². The van der Waals surface area contributed by atoms with Gasteiger partial charge in [0.1, 0.15) is 5.75 Å². The van der Waals surface area contributed by atoms with Crippen LogP contribution in [-0.2, 0) is 0 Å². The number of rotatable bonds is 2. The molecule has 0 N–H and O–H groups in total. The minimum atomic E-state index is 0.225. The smallest absolute Gasteiger partial charge is 0.119 e. The summed E-state index contributed by atoms with van der Waals surface area (Å²) in [6.07, 6.45) is 0. The van der Waals surface area contributed by atoms with Crippen LogP contribution in [-0.4, -0.2) is 6.61 Å². The molecule has 0 amide bonds. The standard InChI is InChI=1S/C11H15IO/c1-11(2,3)8-13-10-6-4-9(12)5-7-10/h4-7H,8H2,1-3H3. The first-order valence-corrected chi connectivity index (χ1v) is 5.44. The zero-order valence-electron chi connectivity index (χ0n) is 8.30. The van der Waals surface area contributed by atoms with Crippen LogP contribution in [0.2, 0.25) is 0 Å². The fourth-order valence-corrected chi connectivity index (χ4v) is 1.19. The summed E-state index contributed by atoms with van der Waals surface area (Å²) in [5, 5.41) is 0. The Morgan fingerprint density at radius 2 is 1.69 bits per heavy atom. The Morgan fingerprint density at radius 3 is 2.15 bits per heavy atom. The zero-order valence-corrected chi connectivity index (χ0v) is 10.5. The van der Waals surface area contributed by atoms with E-state index in [0.29, 0.717) is 0 Å². The highest BCUT2D eigenvalue weighted by Gasteiger charge is 2.10. The molecule has 1 rings (SSSR count). The average Bonchev–Trinajstić information content (AvgIpc) is 2.02. The van der Waals surface area contributed by atoms with E-state index in [1.165, 1.54) is 3.57 Å². The van der Waals surface area contributed by atoms with Crippen molar-refractivity contribution in [3.63, 3.8) is 0 Å². The maximum atomic E-state index is 5.62. The largest absolute Gasteiger partial charge is 0.493 e. The van der Waals surface area contributed by atoms with E-state index in [2.05, 4.69) is 55.5 Å². The van der Waals surface area contributed by atoms with Crippen LogP contribution in [0.5, 0.6) is 5.75 Å². The number of hydrogen-bond acceptors (Lipinski definition) is 1. The Labute approximate surface area is 93.6 Å². The molecule has 0 spiro atoms. The SMILES string of the molecule is CC(C)(C)COc1ccc(I)cc1. The molecule has 1 aromatic carbocycles. The van der Waals surface area contributed by atoms with Crippen LogP contribution in [0.3, 0.4) is 0 Å². The molecule has 0 heterocycles. The van der Waals surface area contributed by atoms with E-state index >= 15 is 0 Å². The van der Waals surface area contributed by atoms with Gasteiger partial charge in [0, 0.05) is 3.57 Å². The second-order valence-electron chi connectivity index (χ2n) is 4.30. The second-order valence-corrected chi connectivity index (χ2v) is 5.55. The van der Waals surface area contributed by atoms with Gasteiger partial charge in [0.05, 0.1) is 6.61 Å². The molecule has 2 heteroatoms. The lowest BCUT2D eigenvalue weighted by Gasteiger charge is -2.18. The van der Waals surface area contributed by atoms with Crippen molar-refractivity contribution < 1.29 is 4.74 Å². The highest BCUT2D eigenvalue weighted by Crippen LogP contribution is 2.18. The van der Waals surface area contributed by atoms with Gasteiger partial charge in [0.2, 0.25) is 0 Å². The lowest BCUT2D eigenvalue weighted by molar-refractivity contribution is 0.198. The quantitative estimate of drug-likeness (QED) is 0.754. The van der Waals surface area contributed by atoms with E-state index in [9.17, 15) is 0 Å². The van der Waals surface area contributed by atoms with E-state index < -0.39 is 0 Å². The van der Waals surface area contributed by atoms with E-state index in [4.69, 9.17) is 4.74 Å². The molecule has 1 aromatic rings. The first kappa shape index (κ1) is 10.8. The third-order valence-corrected chi connectivity index (χ3v) is 2.20. The molecule has 0 saturated heterocycles. The normalized spacial score (nSPS) is 11.4. The second kappa shape index (κ2) is 4.31. The van der Waals surface area contributed by atoms with Crippen LogP contribution in [0.1, 0.15) is 20.8 Å². The number of benzene rings is 1. The fraction of sp³-hybridized carbons (Fsp3) is 0.455. The van der Waals surface area contributed by atoms with Crippen molar-refractivity contribution in [2.45, 2.75) is 20.8 Å². The van der Waals surface area contributed by atoms with Crippen molar-refractivity contribution in [2.24, 2.45) is 5.41 Å². The molecule has 0 fully saturated rings. The molecule has 0 atom stereocenters. The molecule has 0 radical (unpaired) electrons. The molecular formula is C11H15IO. The first-order chi connectivity index (χ1) is 5.97. The van der Waals surface area contributed by atoms with Crippen molar-refractivity contribution in [1.29, 1.82) is 0 Å². The molecule has 0 unspecified atom stereocenters. The summed E-state index contributed by atoms with van der Waals surface area (Å²) >= 11 is 2.29. The number of halogens is 1. The van der Waals surface area contributed by atoms with Crippen molar-refractivity contribution in [2.75, 3.05) is 6.61 Å². The molecule has 72 valence electrons. The Bertz CT molecular complexity index is 258. The van der Waals surface area contributed by atoms with Gasteiger partial charge in [-0.05, 0) is 52.3 Å². The summed E-state index contributed by atoms with van der Waals surface area (Å²) in [5.41, 5.74) is 0.225. The predicted octanol–water partition coefficient (Wildman–Crippen LogP) is 3.72. The van der Waals surface area contributed by atoms with E-state index in [-0.39, 0.29) is 5.41 Å². The Hall–Kier alpha value is -0.250. The number of hydrogen-bond donors (Lipinski definition) is 0. The topological polar surface area (TPSA) is 9.23 Å². The summed E-state index contributed by atoms with van der Waals surface area (Å²) < 4.78 is 6.86. The van der Waals surface area contributed by atoms with Gasteiger partial charge < -0.3 is 4.74 Å². The highest BCUT2D eigenvalue weighted by molar-refractivity contribution is 14.1. The lowest BCUT2D eigenvalue weighted by Crippen LogP contribution is -2.16. The summed E-state index contributed by atoms with van der Waals surface area (Å²) in [7, 11) is 0. The van der Waals surface area contributed by atoms with Crippen molar-refractivity contribution in [3.05, 3.63) is 27.8 Å². The number of ether oxygens (including phenoxy) is 1. The predicted molar refractivity (Wildman–Crippen MR) is 64.1 cm³/mol. The van der Waals surface area contributed by atoms with Gasteiger partial charge in [-0.2, -0.15) is 0 Å². The molecule has 1 nitrogen and oxygen atoms in total. The Morgan fingerprint density at radius 1 is 1.15 bits per heavy atom. The van der Waals surface area contributed by atoms with Crippen LogP contribution in [0.4, 0.5) is 0 Å². The van der Waals surface area contributed by atoms with Crippen molar-refractivity contribution in [1.82, 2.24) is 0 Å². The molecule has 0 aliphatic heterocycles. The summed E-state index contributed by atoms with van der Waals surface area (Å²) in [6.45, 7) is 7.26. The molecule has 0 saturated carbocycles. The van der Waals surface area contributed by atoms with Gasteiger partial charge in [-0.25, -0.2) is 0 Å². The van der Waals surface area contributed by atoms with Crippen molar-refractivity contribution >= 4 is 22.6 Å². The van der Waals surface area contributed by atoms with Crippen molar-refractivity contribution in [3.8, 4) is 5.75 Å². The van der Waals surface area contributed by atoms with Gasteiger partial charge in [0.15, 0.2) is 0 Å². The minimum Gasteiger partial charge on any atom is -0.493 e. The van der Waals surface area contributed by atoms with E-state index in [1.807, 2.05) is 12.1 Å². The van der Waals surface area contributed by atoms with Crippen LogP contribution < -0.4 is 4.74 Å². The maximum absolute atomic E-state index is 5.62. The van der Waals surface area contributed by atoms with E-state index in [0.717, 1.165) is 12.4 Å². The third kappa shape index (κ3) is 4.50. The average molecular weight is 290 g/mol. The molecule has 0 aromatic heterocycles. The third-order valence-electron chi connectivity index (χ3n) is 1.49. The van der Waals surface area contributed by atoms with Gasteiger partial charge >= 0.3 is 0 Å². The molecule has 0 aliphatic carbocycles. The van der Waals surface area contributed by atoms with Gasteiger partial charge in [-0.15, -0.1) is 0 Å². The summed E-state index contributed by atoms with van der Waals surface area (Å²) in [6, 6.07) is 8.12. The zero-order chi connectivity index (χ0) is 9.90. The first-order valence-electron chi connectivity index (χ1n) is 4.36. The molecule has 0 bridgehead atoms. The molecule has 0 aliphatic rings. The minimum absolute atomic E-state index is 0.225. The fourth-order valence-electron chi connectivity index (χ4n) is 0.831. The van der Waals surface area contributed by atoms with Crippen LogP contribution in [0.25, 0.3) is 0 Å². The Balaban J connectivity index is 2.51. The maximum Gasteiger partial charge on any atom is 0.119 e. The molecule has 13 heavy (non-hydrogen) atoms. The van der Waals surface area contributed by atoms with E-state index in [1.54, 1.807) is 0 Å². The van der Waals surface area contributed by atoms with Crippen LogP contribution in [0, 0.1) is 8.99 Å². The summed E-state index contributed by atoms with van der Waals surface area (Å²) in [4.78, 5) is 0.